The fraction of sp³-hybridized carbons (Fsp3) is 0. The maximum atomic E-state index is 5.83. The third kappa shape index (κ3) is 2.10. The van der Waals surface area contributed by atoms with E-state index in [0.717, 1.165) is 15.4 Å². The number of nitrogens with two attached hydrogens (primary N) is 1. The second kappa shape index (κ2) is 4.44. The van der Waals surface area contributed by atoms with Gasteiger partial charge in [-0.3, -0.25) is 0 Å². The molecule has 0 bridgehead atoms. The molecular formula is C12H8ClN3OS. The van der Waals surface area contributed by atoms with Crippen molar-refractivity contribution < 1.29 is 4.52 Å². The van der Waals surface area contributed by atoms with Crippen molar-refractivity contribution in [2.24, 2.45) is 0 Å². The lowest BCUT2D eigenvalue weighted by Gasteiger charge is -1.92. The van der Waals surface area contributed by atoms with Crippen molar-refractivity contribution in [2.75, 3.05) is 5.73 Å². The van der Waals surface area contributed by atoms with E-state index < -0.39 is 0 Å². The minimum atomic E-state index is 0.474. The van der Waals surface area contributed by atoms with Crippen LogP contribution in [0.4, 0.5) is 5.00 Å². The normalized spacial score (nSPS) is 10.7. The predicted molar refractivity (Wildman–Crippen MR) is 72.5 cm³/mol. The maximum Gasteiger partial charge on any atom is 0.268 e. The number of benzene rings is 1. The fourth-order valence-corrected chi connectivity index (χ4v) is 2.33. The molecule has 0 aliphatic heterocycles. The largest absolute Gasteiger partial charge is 0.391 e. The van der Waals surface area contributed by atoms with Crippen molar-refractivity contribution >= 4 is 27.9 Å². The number of anilines is 1. The Balaban J connectivity index is 1.96. The lowest BCUT2D eigenvalue weighted by atomic mass is 10.2. The van der Waals surface area contributed by atoms with E-state index in [4.69, 9.17) is 21.9 Å². The zero-order valence-corrected chi connectivity index (χ0v) is 10.7. The first-order valence-electron chi connectivity index (χ1n) is 5.18. The lowest BCUT2D eigenvalue weighted by Crippen LogP contribution is -1.79. The van der Waals surface area contributed by atoms with Crippen LogP contribution in [0.25, 0.3) is 22.2 Å². The number of halogens is 1. The fourth-order valence-electron chi connectivity index (χ4n) is 1.51. The Morgan fingerprint density at radius 1 is 1.11 bits per heavy atom. The van der Waals surface area contributed by atoms with E-state index in [1.54, 1.807) is 12.1 Å². The van der Waals surface area contributed by atoms with Crippen molar-refractivity contribution in [3.05, 3.63) is 41.4 Å². The number of nitrogens with zero attached hydrogens (tertiary/aromatic N) is 2. The highest BCUT2D eigenvalue weighted by Crippen LogP contribution is 2.29. The van der Waals surface area contributed by atoms with Crippen LogP contribution in [0.5, 0.6) is 0 Å². The lowest BCUT2D eigenvalue weighted by molar-refractivity contribution is 0.433. The van der Waals surface area contributed by atoms with Crippen LogP contribution in [-0.2, 0) is 0 Å². The van der Waals surface area contributed by atoms with Gasteiger partial charge in [-0.25, -0.2) is 0 Å². The van der Waals surface area contributed by atoms with Crippen molar-refractivity contribution in [1.82, 2.24) is 10.1 Å². The Kier molecular flexibility index (Phi) is 2.77. The van der Waals surface area contributed by atoms with E-state index in [0.29, 0.717) is 16.7 Å². The van der Waals surface area contributed by atoms with Crippen LogP contribution >= 0.6 is 22.9 Å². The maximum absolute atomic E-state index is 5.83. The number of hydrogen-bond acceptors (Lipinski definition) is 5. The summed E-state index contributed by atoms with van der Waals surface area (Å²) >= 11 is 7.24. The van der Waals surface area contributed by atoms with Crippen molar-refractivity contribution in [3.63, 3.8) is 0 Å². The van der Waals surface area contributed by atoms with E-state index in [1.165, 1.54) is 11.3 Å². The zero-order valence-electron chi connectivity index (χ0n) is 9.13. The molecule has 0 aliphatic rings. The molecule has 6 heteroatoms. The average molecular weight is 278 g/mol. The molecule has 18 heavy (non-hydrogen) atoms. The highest BCUT2D eigenvalue weighted by molar-refractivity contribution is 7.19. The second-order valence-electron chi connectivity index (χ2n) is 3.63. The summed E-state index contributed by atoms with van der Waals surface area (Å²) in [5.74, 6) is 1.01. The van der Waals surface area contributed by atoms with Crippen molar-refractivity contribution in [1.29, 1.82) is 0 Å². The first-order valence-corrected chi connectivity index (χ1v) is 6.37. The Bertz CT molecular complexity index is 675. The van der Waals surface area contributed by atoms with Gasteiger partial charge in [0.25, 0.3) is 5.89 Å². The molecule has 2 N–H and O–H groups in total. The number of hydrogen-bond donors (Lipinski definition) is 1. The second-order valence-corrected chi connectivity index (χ2v) is 5.18. The molecule has 90 valence electrons. The van der Waals surface area contributed by atoms with Gasteiger partial charge in [0.2, 0.25) is 5.82 Å². The zero-order chi connectivity index (χ0) is 12.5. The van der Waals surface area contributed by atoms with Gasteiger partial charge in [-0.2, -0.15) is 4.98 Å². The van der Waals surface area contributed by atoms with Gasteiger partial charge in [-0.05, 0) is 36.4 Å². The Morgan fingerprint density at radius 2 is 1.89 bits per heavy atom. The molecule has 0 amide bonds. The number of aromatic nitrogens is 2. The van der Waals surface area contributed by atoms with Gasteiger partial charge in [-0.15, -0.1) is 11.3 Å². The first kappa shape index (κ1) is 11.3. The van der Waals surface area contributed by atoms with Crippen LogP contribution in [0, 0.1) is 0 Å². The molecule has 0 spiro atoms. The standard InChI is InChI=1S/C12H8ClN3OS/c13-8-3-1-7(2-4-8)11-15-12(17-16-11)9-5-6-10(14)18-9/h1-6H,14H2. The first-order chi connectivity index (χ1) is 8.72. The van der Waals surface area contributed by atoms with Gasteiger partial charge in [0.05, 0.1) is 9.88 Å². The molecule has 0 saturated carbocycles. The molecule has 0 atom stereocenters. The van der Waals surface area contributed by atoms with Crippen molar-refractivity contribution in [3.8, 4) is 22.2 Å². The summed E-state index contributed by atoms with van der Waals surface area (Å²) in [4.78, 5) is 5.19. The summed E-state index contributed by atoms with van der Waals surface area (Å²) in [5.41, 5.74) is 6.52. The minimum Gasteiger partial charge on any atom is -0.391 e. The topological polar surface area (TPSA) is 64.9 Å². The highest BCUT2D eigenvalue weighted by atomic mass is 35.5. The van der Waals surface area contributed by atoms with Gasteiger partial charge >= 0.3 is 0 Å². The third-order valence-corrected chi connectivity index (χ3v) is 3.52. The average Bonchev–Trinajstić information content (AvgIpc) is 2.98. The van der Waals surface area contributed by atoms with Crippen LogP contribution < -0.4 is 5.73 Å². The minimum absolute atomic E-state index is 0.474. The van der Waals surface area contributed by atoms with E-state index >= 15 is 0 Å². The molecule has 0 unspecified atom stereocenters. The Morgan fingerprint density at radius 3 is 2.56 bits per heavy atom. The van der Waals surface area contributed by atoms with E-state index in [9.17, 15) is 0 Å². The van der Waals surface area contributed by atoms with Crippen LogP contribution in [0.1, 0.15) is 0 Å². The summed E-state index contributed by atoms with van der Waals surface area (Å²) in [7, 11) is 0. The molecule has 1 aromatic carbocycles. The quantitative estimate of drug-likeness (QED) is 0.776. The summed E-state index contributed by atoms with van der Waals surface area (Å²) in [6.45, 7) is 0. The number of rotatable bonds is 2. The molecule has 0 aliphatic carbocycles. The third-order valence-electron chi connectivity index (χ3n) is 2.37. The number of nitrogen functional groups attached to an aromatic ring is 1. The van der Waals surface area contributed by atoms with Crippen LogP contribution in [0.3, 0.4) is 0 Å². The predicted octanol–water partition coefficient (Wildman–Crippen LogP) is 3.70. The van der Waals surface area contributed by atoms with Gasteiger partial charge in [-0.1, -0.05) is 16.8 Å². The van der Waals surface area contributed by atoms with Gasteiger partial charge in [0, 0.05) is 10.6 Å². The van der Waals surface area contributed by atoms with E-state index in [1.807, 2.05) is 24.3 Å². The van der Waals surface area contributed by atoms with Gasteiger partial charge in [0.15, 0.2) is 0 Å². The summed E-state index contributed by atoms with van der Waals surface area (Å²) in [6.07, 6.45) is 0. The van der Waals surface area contributed by atoms with Gasteiger partial charge in [0.1, 0.15) is 0 Å². The highest BCUT2D eigenvalue weighted by Gasteiger charge is 2.11. The Hall–Kier alpha value is -1.85. The van der Waals surface area contributed by atoms with Crippen LogP contribution in [0.15, 0.2) is 40.9 Å². The van der Waals surface area contributed by atoms with E-state index in [-0.39, 0.29) is 0 Å². The molecule has 0 radical (unpaired) electrons. The monoisotopic (exact) mass is 277 g/mol. The molecule has 0 fully saturated rings. The summed E-state index contributed by atoms with van der Waals surface area (Å²) in [5, 5.41) is 5.33. The molecule has 3 aromatic rings. The molecule has 4 nitrogen and oxygen atoms in total. The summed E-state index contributed by atoms with van der Waals surface area (Å²) in [6, 6.07) is 10.9. The van der Waals surface area contributed by atoms with Gasteiger partial charge < -0.3 is 10.3 Å². The molecule has 0 saturated heterocycles. The Labute approximate surface area is 112 Å². The van der Waals surface area contributed by atoms with Crippen LogP contribution in [0.2, 0.25) is 5.02 Å². The molecule has 3 rings (SSSR count). The van der Waals surface area contributed by atoms with Crippen LogP contribution in [-0.4, -0.2) is 10.1 Å². The molecule has 2 aromatic heterocycles. The molecular weight excluding hydrogens is 270 g/mol. The van der Waals surface area contributed by atoms with E-state index in [2.05, 4.69) is 10.1 Å². The number of thiophene rings is 1. The smallest absolute Gasteiger partial charge is 0.268 e. The molecule has 2 heterocycles. The SMILES string of the molecule is Nc1ccc(-c2nc(-c3ccc(Cl)cc3)no2)s1. The van der Waals surface area contributed by atoms with Crippen molar-refractivity contribution in [2.45, 2.75) is 0 Å². The summed E-state index contributed by atoms with van der Waals surface area (Å²) < 4.78 is 5.21.